The number of nitrogens with one attached hydrogen (secondary N) is 2. The van der Waals surface area contributed by atoms with E-state index in [4.69, 9.17) is 23.6 Å². The van der Waals surface area contributed by atoms with E-state index < -0.39 is 23.3 Å². The number of amides is 3. The molecule has 12 heteroatoms. The van der Waals surface area contributed by atoms with Crippen LogP contribution >= 0.6 is 11.8 Å². The predicted molar refractivity (Wildman–Crippen MR) is 168 cm³/mol. The minimum absolute atomic E-state index is 0.0996. The van der Waals surface area contributed by atoms with E-state index in [1.165, 1.54) is 11.8 Å². The number of aliphatic imine (C=N–C) groups is 1. The van der Waals surface area contributed by atoms with Crippen molar-refractivity contribution in [3.8, 4) is 11.5 Å². The number of anilines is 1. The lowest BCUT2D eigenvalue weighted by atomic mass is 10.1. The second-order valence-corrected chi connectivity index (χ2v) is 11.3. The number of carbonyl (C=O) groups excluding carboxylic acids is 3. The summed E-state index contributed by atoms with van der Waals surface area (Å²) < 4.78 is 22.0. The summed E-state index contributed by atoms with van der Waals surface area (Å²) in [5.74, 6) is 1.34. The lowest BCUT2D eigenvalue weighted by molar-refractivity contribution is -0.126. The summed E-state index contributed by atoms with van der Waals surface area (Å²) in [7, 11) is 0. The van der Waals surface area contributed by atoms with Gasteiger partial charge in [0, 0.05) is 11.8 Å². The quantitative estimate of drug-likeness (QED) is 0.238. The Balaban J connectivity index is 1.11. The highest BCUT2D eigenvalue weighted by atomic mass is 32.2. The summed E-state index contributed by atoms with van der Waals surface area (Å²) in [6.45, 7) is 2.84. The number of alkyl carbamates (subject to hydrolysis) is 1. The molecule has 1 aromatic heterocycles. The Morgan fingerprint density at radius 2 is 1.78 bits per heavy atom. The van der Waals surface area contributed by atoms with E-state index in [-0.39, 0.29) is 19.1 Å². The second-order valence-electron chi connectivity index (χ2n) is 10.3. The van der Waals surface area contributed by atoms with E-state index in [9.17, 15) is 14.4 Å². The van der Waals surface area contributed by atoms with Crippen molar-refractivity contribution in [3.63, 3.8) is 0 Å². The van der Waals surface area contributed by atoms with Crippen LogP contribution in [0.15, 0.2) is 101 Å². The summed E-state index contributed by atoms with van der Waals surface area (Å²) in [5, 5.41) is 5.29. The lowest BCUT2D eigenvalue weighted by Crippen LogP contribution is -2.41. The van der Waals surface area contributed by atoms with E-state index >= 15 is 0 Å². The van der Waals surface area contributed by atoms with Crippen molar-refractivity contribution in [1.29, 1.82) is 0 Å². The number of fused-ring (bicyclic) bond motifs is 1. The van der Waals surface area contributed by atoms with Crippen LogP contribution in [0.4, 0.5) is 16.2 Å². The van der Waals surface area contributed by atoms with Crippen LogP contribution in [0, 0.1) is 0 Å². The molecule has 0 aliphatic carbocycles. The molecule has 3 amide bonds. The monoisotopic (exact) mass is 626 g/mol. The molecule has 0 radical (unpaired) electrons. The van der Waals surface area contributed by atoms with Gasteiger partial charge in [-0.25, -0.2) is 9.79 Å². The maximum absolute atomic E-state index is 13.7. The van der Waals surface area contributed by atoms with Crippen molar-refractivity contribution < 1.29 is 33.0 Å². The third-order valence-electron chi connectivity index (χ3n) is 7.01. The summed E-state index contributed by atoms with van der Waals surface area (Å²) in [6, 6.07) is 24.4. The largest absolute Gasteiger partial charge is 0.486 e. The lowest BCUT2D eigenvalue weighted by Gasteiger charge is -2.18. The standard InChI is InChI=1S/C33H30N4O7S/c1-21(34-33(40)44-20-22-6-3-2-4-7-22)30(38)35-24-11-9-23(10-12-24)29-31(39)37(19-26-8-5-15-41-26)32(45-29)36-25-13-14-27-28(18-25)43-17-16-42-27/h2-15,18,21,29H,16-17,19-20H2,1H3,(H,34,40)(H,35,38)/b36-32-/t21-,29?/m0/s1. The minimum atomic E-state index is -0.839. The third-order valence-corrected chi connectivity index (χ3v) is 8.24. The van der Waals surface area contributed by atoms with Crippen molar-refractivity contribution in [1.82, 2.24) is 10.2 Å². The normalized spacial score (nSPS) is 17.2. The van der Waals surface area contributed by atoms with Crippen LogP contribution < -0.4 is 20.1 Å². The topological polar surface area (TPSA) is 132 Å². The van der Waals surface area contributed by atoms with Gasteiger partial charge in [-0.05, 0) is 54.4 Å². The molecule has 2 atom stereocenters. The molecule has 3 aromatic carbocycles. The number of carbonyl (C=O) groups is 3. The number of furan rings is 1. The molecule has 1 saturated heterocycles. The van der Waals surface area contributed by atoms with E-state index in [1.807, 2.05) is 42.5 Å². The van der Waals surface area contributed by atoms with Gasteiger partial charge < -0.3 is 29.3 Å². The van der Waals surface area contributed by atoms with Crippen molar-refractivity contribution in [2.24, 2.45) is 4.99 Å². The fourth-order valence-corrected chi connectivity index (χ4v) is 5.84. The van der Waals surface area contributed by atoms with Crippen LogP contribution in [-0.4, -0.2) is 47.2 Å². The average Bonchev–Trinajstić information content (AvgIpc) is 3.69. The highest BCUT2D eigenvalue weighted by Gasteiger charge is 2.39. The van der Waals surface area contributed by atoms with Gasteiger partial charge in [0.15, 0.2) is 16.7 Å². The Labute approximate surface area is 263 Å². The molecule has 3 heterocycles. The number of benzene rings is 3. The first kappa shape index (κ1) is 29.8. The fraction of sp³-hybridized carbons (Fsp3) is 0.212. The SMILES string of the molecule is C[C@H](NC(=O)OCc1ccccc1)C(=O)Nc1ccc(C2S/C(=N\c3ccc4c(c3)OCCO4)N(Cc3ccco3)C2=O)cc1. The summed E-state index contributed by atoms with van der Waals surface area (Å²) in [4.78, 5) is 45.0. The zero-order valence-corrected chi connectivity index (χ0v) is 25.1. The average molecular weight is 627 g/mol. The number of hydrogen-bond acceptors (Lipinski definition) is 9. The van der Waals surface area contributed by atoms with Gasteiger partial charge in [0.2, 0.25) is 11.8 Å². The third kappa shape index (κ3) is 7.29. The molecule has 0 saturated carbocycles. The summed E-state index contributed by atoms with van der Waals surface area (Å²) in [6.07, 6.45) is 0.872. The van der Waals surface area contributed by atoms with E-state index in [2.05, 4.69) is 10.6 Å². The summed E-state index contributed by atoms with van der Waals surface area (Å²) >= 11 is 1.33. The molecule has 1 fully saturated rings. The van der Waals surface area contributed by atoms with Gasteiger partial charge in [0.1, 0.15) is 36.9 Å². The highest BCUT2D eigenvalue weighted by Crippen LogP contribution is 2.42. The number of nitrogens with zero attached hydrogens (tertiary/aromatic N) is 2. The molecule has 0 spiro atoms. The minimum Gasteiger partial charge on any atom is -0.486 e. The highest BCUT2D eigenvalue weighted by molar-refractivity contribution is 8.15. The Bertz CT molecular complexity index is 1690. The molecule has 4 aromatic rings. The van der Waals surface area contributed by atoms with E-state index in [0.29, 0.717) is 47.0 Å². The Hall–Kier alpha value is -5.23. The van der Waals surface area contributed by atoms with Crippen LogP contribution in [0.2, 0.25) is 0 Å². The molecule has 11 nitrogen and oxygen atoms in total. The number of amidine groups is 1. The van der Waals surface area contributed by atoms with Crippen LogP contribution in [0.25, 0.3) is 0 Å². The summed E-state index contributed by atoms with van der Waals surface area (Å²) in [5.41, 5.74) is 2.73. The van der Waals surface area contributed by atoms with Crippen LogP contribution in [0.3, 0.4) is 0 Å². The number of rotatable bonds is 9. The van der Waals surface area contributed by atoms with E-state index in [1.54, 1.807) is 60.6 Å². The predicted octanol–water partition coefficient (Wildman–Crippen LogP) is 5.81. The molecule has 2 aliphatic heterocycles. The molecule has 0 bridgehead atoms. The Kier molecular flexibility index (Phi) is 9.01. The fourth-order valence-electron chi connectivity index (χ4n) is 4.67. The number of ether oxygens (including phenoxy) is 3. The smallest absolute Gasteiger partial charge is 0.408 e. The Morgan fingerprint density at radius 3 is 2.53 bits per heavy atom. The van der Waals surface area contributed by atoms with E-state index in [0.717, 1.165) is 11.1 Å². The zero-order chi connectivity index (χ0) is 31.2. The Morgan fingerprint density at radius 1 is 1.00 bits per heavy atom. The molecule has 6 rings (SSSR count). The molecule has 2 aliphatic rings. The van der Waals surface area contributed by atoms with Gasteiger partial charge in [-0.1, -0.05) is 54.2 Å². The molecule has 45 heavy (non-hydrogen) atoms. The first-order valence-corrected chi connectivity index (χ1v) is 15.2. The van der Waals surface area contributed by atoms with Crippen LogP contribution in [0.5, 0.6) is 11.5 Å². The van der Waals surface area contributed by atoms with Gasteiger partial charge in [-0.15, -0.1) is 0 Å². The van der Waals surface area contributed by atoms with Gasteiger partial charge in [0.25, 0.3) is 0 Å². The molecule has 230 valence electrons. The maximum Gasteiger partial charge on any atom is 0.408 e. The van der Waals surface area contributed by atoms with Gasteiger partial charge in [0.05, 0.1) is 18.5 Å². The first-order valence-electron chi connectivity index (χ1n) is 14.3. The molecule has 1 unspecified atom stereocenters. The van der Waals surface area contributed by atoms with Gasteiger partial charge in [-0.3, -0.25) is 14.5 Å². The first-order chi connectivity index (χ1) is 21.9. The zero-order valence-electron chi connectivity index (χ0n) is 24.3. The number of thioether (sulfide) groups is 1. The molecular formula is C33H30N4O7S. The van der Waals surface area contributed by atoms with Crippen molar-refractivity contribution in [2.75, 3.05) is 18.5 Å². The van der Waals surface area contributed by atoms with Crippen LogP contribution in [-0.2, 0) is 27.5 Å². The van der Waals surface area contributed by atoms with Crippen molar-refractivity contribution in [2.45, 2.75) is 31.4 Å². The van der Waals surface area contributed by atoms with Gasteiger partial charge >= 0.3 is 6.09 Å². The van der Waals surface area contributed by atoms with Gasteiger partial charge in [-0.2, -0.15) is 0 Å². The van der Waals surface area contributed by atoms with Crippen LogP contribution in [0.1, 0.15) is 29.1 Å². The van der Waals surface area contributed by atoms with Crippen molar-refractivity contribution >= 4 is 46.2 Å². The molecule has 2 N–H and O–H groups in total. The number of hydrogen-bond donors (Lipinski definition) is 2. The van der Waals surface area contributed by atoms with Crippen molar-refractivity contribution in [3.05, 3.63) is 108 Å². The maximum atomic E-state index is 13.7. The second kappa shape index (κ2) is 13.6. The molecular weight excluding hydrogens is 596 g/mol.